The van der Waals surface area contributed by atoms with Crippen molar-refractivity contribution in [2.45, 2.75) is 13.3 Å². The highest BCUT2D eigenvalue weighted by Crippen LogP contribution is 2.34. The number of amides is 1. The van der Waals surface area contributed by atoms with Crippen LogP contribution in [0.3, 0.4) is 0 Å². The Kier molecular flexibility index (Phi) is 4.95. The average Bonchev–Trinajstić information content (AvgIpc) is 3.36. The number of fused-ring (bicyclic) bond motifs is 1. The lowest BCUT2D eigenvalue weighted by molar-refractivity contribution is -0.384. The van der Waals surface area contributed by atoms with E-state index in [2.05, 4.69) is 10.3 Å². The molecule has 146 valence electrons. The standard InChI is InChI=1S/C19H13N3O5S2/c1-2-14-16(15-4-3-7-28-15)20-19(29-14)21-17(23)12-9-10-8-11(22(25)26)5-6-13(10)27-18(12)24/h3-9H,2H2,1H3,(H,20,21,23). The first-order chi connectivity index (χ1) is 14.0. The Morgan fingerprint density at radius 1 is 1.31 bits per heavy atom. The number of hydrogen-bond acceptors (Lipinski definition) is 8. The van der Waals surface area contributed by atoms with Crippen molar-refractivity contribution in [3.63, 3.8) is 0 Å². The van der Waals surface area contributed by atoms with Crippen molar-refractivity contribution in [1.82, 2.24) is 4.98 Å². The monoisotopic (exact) mass is 427 g/mol. The number of carbonyl (C=O) groups is 1. The Hall–Kier alpha value is -3.37. The fourth-order valence-corrected chi connectivity index (χ4v) is 4.51. The van der Waals surface area contributed by atoms with E-state index < -0.39 is 16.5 Å². The molecule has 0 unspecified atom stereocenters. The summed E-state index contributed by atoms with van der Waals surface area (Å²) in [6.07, 6.45) is 0.753. The number of aromatic nitrogens is 1. The maximum Gasteiger partial charge on any atom is 0.349 e. The highest BCUT2D eigenvalue weighted by atomic mass is 32.1. The molecule has 0 saturated heterocycles. The van der Waals surface area contributed by atoms with E-state index >= 15 is 0 Å². The van der Waals surface area contributed by atoms with Gasteiger partial charge in [-0.1, -0.05) is 13.0 Å². The number of nitrogens with zero attached hydrogens (tertiary/aromatic N) is 2. The third-order valence-electron chi connectivity index (χ3n) is 4.16. The quantitative estimate of drug-likeness (QED) is 0.280. The summed E-state index contributed by atoms with van der Waals surface area (Å²) in [4.78, 5) is 41.8. The highest BCUT2D eigenvalue weighted by molar-refractivity contribution is 7.17. The van der Waals surface area contributed by atoms with E-state index in [9.17, 15) is 19.7 Å². The summed E-state index contributed by atoms with van der Waals surface area (Å²) < 4.78 is 5.14. The lowest BCUT2D eigenvalue weighted by atomic mass is 10.1. The molecule has 0 fully saturated rings. The lowest BCUT2D eigenvalue weighted by Gasteiger charge is -2.02. The molecule has 0 bridgehead atoms. The predicted octanol–water partition coefficient (Wildman–Crippen LogP) is 4.70. The van der Waals surface area contributed by atoms with Crippen molar-refractivity contribution < 1.29 is 14.1 Å². The molecule has 0 saturated carbocycles. The Bertz CT molecular complexity index is 1290. The van der Waals surface area contributed by atoms with Crippen LogP contribution in [0.25, 0.3) is 21.5 Å². The summed E-state index contributed by atoms with van der Waals surface area (Å²) in [6, 6.07) is 8.99. The number of thiazole rings is 1. The van der Waals surface area contributed by atoms with Crippen LogP contribution in [0.15, 0.2) is 51.0 Å². The van der Waals surface area contributed by atoms with Gasteiger partial charge in [0.2, 0.25) is 0 Å². The molecule has 1 N–H and O–H groups in total. The molecule has 0 aliphatic rings. The maximum absolute atomic E-state index is 12.7. The SMILES string of the molecule is CCc1sc(NC(=O)c2cc3cc([N+](=O)[O-])ccc3oc2=O)nc1-c1cccs1. The number of hydrogen-bond donors (Lipinski definition) is 1. The molecule has 4 aromatic rings. The largest absolute Gasteiger partial charge is 0.422 e. The normalized spacial score (nSPS) is 10.9. The average molecular weight is 427 g/mol. The van der Waals surface area contributed by atoms with Crippen LogP contribution in [0.4, 0.5) is 10.8 Å². The van der Waals surface area contributed by atoms with E-state index in [-0.39, 0.29) is 22.2 Å². The molecular formula is C19H13N3O5S2. The van der Waals surface area contributed by atoms with E-state index in [4.69, 9.17) is 4.42 Å². The second-order valence-corrected chi connectivity index (χ2v) is 8.03. The fraction of sp³-hybridized carbons (Fsp3) is 0.105. The van der Waals surface area contributed by atoms with Gasteiger partial charge in [0.25, 0.3) is 11.6 Å². The Morgan fingerprint density at radius 3 is 2.83 bits per heavy atom. The van der Waals surface area contributed by atoms with Gasteiger partial charge >= 0.3 is 5.63 Å². The summed E-state index contributed by atoms with van der Waals surface area (Å²) in [6.45, 7) is 2.00. The number of anilines is 1. The molecule has 3 aromatic heterocycles. The topological polar surface area (TPSA) is 115 Å². The number of nitro groups is 1. The van der Waals surface area contributed by atoms with Crippen molar-refractivity contribution >= 4 is 50.4 Å². The summed E-state index contributed by atoms with van der Waals surface area (Å²) in [5.41, 5.74) is -0.257. The molecule has 4 rings (SSSR count). The third-order valence-corrected chi connectivity index (χ3v) is 6.16. The van der Waals surface area contributed by atoms with Crippen LogP contribution in [0.5, 0.6) is 0 Å². The number of benzene rings is 1. The molecule has 3 heterocycles. The maximum atomic E-state index is 12.7. The number of thiophene rings is 1. The molecule has 10 heteroatoms. The van der Waals surface area contributed by atoms with Gasteiger partial charge in [-0.25, -0.2) is 9.78 Å². The van der Waals surface area contributed by atoms with Gasteiger partial charge < -0.3 is 4.42 Å². The van der Waals surface area contributed by atoms with Gasteiger partial charge in [-0.2, -0.15) is 0 Å². The minimum absolute atomic E-state index is 0.161. The van der Waals surface area contributed by atoms with E-state index in [1.807, 2.05) is 24.4 Å². The van der Waals surface area contributed by atoms with Crippen LogP contribution in [0.1, 0.15) is 22.2 Å². The molecule has 1 aromatic carbocycles. The number of nitrogens with one attached hydrogen (secondary N) is 1. The van der Waals surface area contributed by atoms with Gasteiger partial charge in [-0.05, 0) is 30.0 Å². The zero-order valence-corrected chi connectivity index (χ0v) is 16.6. The van der Waals surface area contributed by atoms with Crippen molar-refractivity contribution in [2.75, 3.05) is 5.32 Å². The Morgan fingerprint density at radius 2 is 2.14 bits per heavy atom. The third kappa shape index (κ3) is 3.67. The Balaban J connectivity index is 1.68. The van der Waals surface area contributed by atoms with Crippen molar-refractivity contribution in [3.05, 3.63) is 72.8 Å². The number of nitro benzene ring substituents is 1. The van der Waals surface area contributed by atoms with Crippen molar-refractivity contribution in [2.24, 2.45) is 0 Å². The first kappa shape index (κ1) is 19.0. The van der Waals surface area contributed by atoms with Crippen LogP contribution < -0.4 is 10.9 Å². The molecule has 1 amide bonds. The zero-order valence-electron chi connectivity index (χ0n) is 15.0. The van der Waals surface area contributed by atoms with E-state index in [1.54, 1.807) is 11.3 Å². The lowest BCUT2D eigenvalue weighted by Crippen LogP contribution is -2.20. The van der Waals surface area contributed by atoms with Gasteiger partial charge in [-0.3, -0.25) is 20.2 Å². The zero-order chi connectivity index (χ0) is 20.5. The fourth-order valence-electron chi connectivity index (χ4n) is 2.80. The van der Waals surface area contributed by atoms with Crippen molar-refractivity contribution in [1.29, 1.82) is 0 Å². The second-order valence-electron chi connectivity index (χ2n) is 6.00. The number of rotatable bonds is 5. The first-order valence-corrected chi connectivity index (χ1v) is 10.2. The molecule has 29 heavy (non-hydrogen) atoms. The summed E-state index contributed by atoms with van der Waals surface area (Å²) in [5.74, 6) is -0.679. The molecule has 0 aliphatic carbocycles. The van der Waals surface area contributed by atoms with Crippen LogP contribution in [0.2, 0.25) is 0 Å². The van der Waals surface area contributed by atoms with Gasteiger partial charge in [0.1, 0.15) is 11.1 Å². The van der Waals surface area contributed by atoms with Gasteiger partial charge in [0.15, 0.2) is 5.13 Å². The second kappa shape index (κ2) is 7.57. The van der Waals surface area contributed by atoms with Crippen LogP contribution in [-0.2, 0) is 6.42 Å². The molecule has 0 atom stereocenters. The van der Waals surface area contributed by atoms with Crippen LogP contribution >= 0.6 is 22.7 Å². The predicted molar refractivity (Wildman–Crippen MR) is 112 cm³/mol. The van der Waals surface area contributed by atoms with E-state index in [1.165, 1.54) is 35.6 Å². The Labute approximate surface area is 171 Å². The minimum Gasteiger partial charge on any atom is -0.422 e. The number of non-ortho nitro benzene ring substituents is 1. The molecular weight excluding hydrogens is 414 g/mol. The summed E-state index contributed by atoms with van der Waals surface area (Å²) in [7, 11) is 0. The number of aryl methyl sites for hydroxylation is 1. The molecule has 0 spiro atoms. The summed E-state index contributed by atoms with van der Waals surface area (Å²) >= 11 is 2.89. The van der Waals surface area contributed by atoms with Crippen LogP contribution in [0, 0.1) is 10.1 Å². The smallest absolute Gasteiger partial charge is 0.349 e. The van der Waals surface area contributed by atoms with Gasteiger partial charge in [0, 0.05) is 22.4 Å². The highest BCUT2D eigenvalue weighted by Gasteiger charge is 2.19. The first-order valence-electron chi connectivity index (χ1n) is 8.53. The van der Waals surface area contributed by atoms with Crippen LogP contribution in [-0.4, -0.2) is 15.8 Å². The molecule has 8 nitrogen and oxygen atoms in total. The number of carbonyl (C=O) groups excluding carboxylic acids is 1. The van der Waals surface area contributed by atoms with E-state index in [0.717, 1.165) is 21.9 Å². The van der Waals surface area contributed by atoms with E-state index in [0.29, 0.717) is 5.13 Å². The molecule has 0 aliphatic heterocycles. The summed E-state index contributed by atoms with van der Waals surface area (Å²) in [5, 5.41) is 16.2. The minimum atomic E-state index is -0.824. The molecule has 0 radical (unpaired) electrons. The van der Waals surface area contributed by atoms with Gasteiger partial charge in [-0.15, -0.1) is 22.7 Å². The van der Waals surface area contributed by atoms with Gasteiger partial charge in [0.05, 0.1) is 15.5 Å². The van der Waals surface area contributed by atoms with Crippen molar-refractivity contribution in [3.8, 4) is 10.6 Å².